The van der Waals surface area contributed by atoms with E-state index >= 15 is 0 Å². The van der Waals surface area contributed by atoms with Crippen molar-refractivity contribution in [2.24, 2.45) is 4.99 Å². The minimum Gasteiger partial charge on any atom is -0.356 e. The minimum atomic E-state index is -3.50. The van der Waals surface area contributed by atoms with Crippen molar-refractivity contribution in [1.29, 1.82) is 0 Å². The van der Waals surface area contributed by atoms with E-state index in [1.165, 1.54) is 12.1 Å². The van der Waals surface area contributed by atoms with E-state index in [9.17, 15) is 17.6 Å². The highest BCUT2D eigenvalue weighted by molar-refractivity contribution is 7.90. The van der Waals surface area contributed by atoms with Crippen molar-refractivity contribution in [2.75, 3.05) is 13.1 Å². The lowest BCUT2D eigenvalue weighted by Gasteiger charge is -2.05. The van der Waals surface area contributed by atoms with Gasteiger partial charge in [0.25, 0.3) is 10.0 Å². The number of nitrogens with one attached hydrogen (secondary N) is 2. The Labute approximate surface area is 170 Å². The van der Waals surface area contributed by atoms with Gasteiger partial charge in [0.1, 0.15) is 11.7 Å². The summed E-state index contributed by atoms with van der Waals surface area (Å²) in [6.07, 6.45) is 3.35. The summed E-state index contributed by atoms with van der Waals surface area (Å²) in [5.41, 5.74) is 1.46. The van der Waals surface area contributed by atoms with E-state index in [1.807, 2.05) is 6.07 Å². The molecule has 1 aliphatic rings. The number of hydrogen-bond donors (Lipinski definition) is 2. The second-order valence-electron chi connectivity index (χ2n) is 6.87. The average Bonchev–Trinajstić information content (AvgIpc) is 2.95. The monoisotopic (exact) mass is 417 g/mol. The van der Waals surface area contributed by atoms with Gasteiger partial charge in [0, 0.05) is 25.1 Å². The zero-order valence-corrected chi connectivity index (χ0v) is 16.8. The van der Waals surface area contributed by atoms with Crippen LogP contribution in [-0.2, 0) is 21.2 Å². The fourth-order valence-electron chi connectivity index (χ4n) is 3.14. The maximum Gasteiger partial charge on any atom is 0.263 e. The van der Waals surface area contributed by atoms with Gasteiger partial charge < -0.3 is 5.32 Å². The second kappa shape index (κ2) is 9.65. The zero-order valence-electron chi connectivity index (χ0n) is 16.0. The van der Waals surface area contributed by atoms with Crippen LogP contribution in [0, 0.1) is 5.82 Å². The maximum atomic E-state index is 13.1. The fraction of sp³-hybridized carbons (Fsp3) is 0.333. The lowest BCUT2D eigenvalue weighted by atomic mass is 10.1. The Morgan fingerprint density at radius 1 is 1.07 bits per heavy atom. The van der Waals surface area contributed by atoms with Crippen molar-refractivity contribution >= 4 is 21.8 Å². The van der Waals surface area contributed by atoms with Crippen molar-refractivity contribution in [3.05, 3.63) is 65.5 Å². The predicted octanol–water partition coefficient (Wildman–Crippen LogP) is 2.78. The third-order valence-corrected chi connectivity index (χ3v) is 6.02. The molecule has 0 aromatic heterocycles. The molecule has 0 saturated heterocycles. The summed E-state index contributed by atoms with van der Waals surface area (Å²) in [6.45, 7) is 0.975. The van der Waals surface area contributed by atoms with Gasteiger partial charge in [-0.15, -0.1) is 0 Å². The van der Waals surface area contributed by atoms with E-state index < -0.39 is 10.0 Å². The summed E-state index contributed by atoms with van der Waals surface area (Å²) in [6, 6.07) is 13.1. The van der Waals surface area contributed by atoms with E-state index in [0.29, 0.717) is 37.3 Å². The highest BCUT2D eigenvalue weighted by atomic mass is 32.2. The summed E-state index contributed by atoms with van der Waals surface area (Å²) < 4.78 is 39.6. The van der Waals surface area contributed by atoms with E-state index in [2.05, 4.69) is 15.0 Å². The molecule has 29 heavy (non-hydrogen) atoms. The van der Waals surface area contributed by atoms with Crippen molar-refractivity contribution < 1.29 is 17.6 Å². The average molecular weight is 418 g/mol. The first-order chi connectivity index (χ1) is 14.0. The standard InChI is InChI=1S/C21H24FN3O3S/c22-17-8-6-7-16(15-17)12-14-23-20(26)11-2-1-5-13-24-21-18-9-3-4-10-19(18)29(27,28)25-21/h3-4,6-10,15H,1-2,5,11-14H2,(H,23,26)(H,24,25). The molecule has 0 radical (unpaired) electrons. The molecule has 6 nitrogen and oxygen atoms in total. The third kappa shape index (κ3) is 5.87. The highest BCUT2D eigenvalue weighted by Crippen LogP contribution is 2.22. The molecule has 1 amide bonds. The number of benzene rings is 2. The number of carbonyl (C=O) groups is 1. The number of sulfonamides is 1. The molecule has 0 spiro atoms. The SMILES string of the molecule is O=C(CCCCCN=C1NS(=O)(=O)c2ccccc21)NCCc1cccc(F)c1. The molecule has 154 valence electrons. The molecule has 0 bridgehead atoms. The number of nitrogens with zero attached hydrogens (tertiary/aromatic N) is 1. The molecule has 1 heterocycles. The van der Waals surface area contributed by atoms with Crippen LogP contribution in [0.1, 0.15) is 36.8 Å². The van der Waals surface area contributed by atoms with Gasteiger partial charge in [0.2, 0.25) is 5.91 Å². The summed E-state index contributed by atoms with van der Waals surface area (Å²) in [4.78, 5) is 16.5. The molecule has 3 rings (SSSR count). The number of aliphatic imine (C=N–C) groups is 1. The smallest absolute Gasteiger partial charge is 0.263 e. The van der Waals surface area contributed by atoms with Crippen molar-refractivity contribution in [2.45, 2.75) is 37.0 Å². The first kappa shape index (κ1) is 21.0. The number of amidine groups is 1. The molecular weight excluding hydrogens is 393 g/mol. The molecule has 0 atom stereocenters. The van der Waals surface area contributed by atoms with E-state index in [-0.39, 0.29) is 16.6 Å². The summed E-state index contributed by atoms with van der Waals surface area (Å²) in [5, 5.41) is 2.84. The molecule has 0 aliphatic carbocycles. The topological polar surface area (TPSA) is 87.6 Å². The summed E-state index contributed by atoms with van der Waals surface area (Å²) in [5.74, 6) is 0.0900. The number of rotatable bonds is 9. The fourth-order valence-corrected chi connectivity index (χ4v) is 4.39. The molecule has 0 unspecified atom stereocenters. The number of halogens is 1. The van der Waals surface area contributed by atoms with E-state index in [4.69, 9.17) is 0 Å². The van der Waals surface area contributed by atoms with Gasteiger partial charge in [0.05, 0.1) is 4.90 Å². The van der Waals surface area contributed by atoms with Gasteiger partial charge >= 0.3 is 0 Å². The molecule has 8 heteroatoms. The lowest BCUT2D eigenvalue weighted by molar-refractivity contribution is -0.121. The molecule has 2 N–H and O–H groups in total. The van der Waals surface area contributed by atoms with E-state index in [0.717, 1.165) is 24.8 Å². The highest BCUT2D eigenvalue weighted by Gasteiger charge is 2.29. The predicted molar refractivity (Wildman–Crippen MR) is 110 cm³/mol. The molecule has 1 aliphatic heterocycles. The van der Waals surface area contributed by atoms with Crippen molar-refractivity contribution in [3.63, 3.8) is 0 Å². The van der Waals surface area contributed by atoms with E-state index in [1.54, 1.807) is 30.3 Å². The van der Waals surface area contributed by atoms with Crippen LogP contribution in [0.3, 0.4) is 0 Å². The normalized spacial score (nSPS) is 15.7. The van der Waals surface area contributed by atoms with Gasteiger partial charge in [-0.05, 0) is 49.1 Å². The number of hydrogen-bond acceptors (Lipinski definition) is 4. The molecule has 2 aromatic rings. The van der Waals surface area contributed by atoms with Crippen molar-refractivity contribution in [3.8, 4) is 0 Å². The summed E-state index contributed by atoms with van der Waals surface area (Å²) in [7, 11) is -3.50. The summed E-state index contributed by atoms with van der Waals surface area (Å²) >= 11 is 0. The quantitative estimate of drug-likeness (QED) is 0.615. The number of unbranched alkanes of at least 4 members (excludes halogenated alkanes) is 2. The Bertz CT molecular complexity index is 1010. The lowest BCUT2D eigenvalue weighted by Crippen LogP contribution is -2.25. The maximum absolute atomic E-state index is 13.1. The minimum absolute atomic E-state index is 0.0230. The largest absolute Gasteiger partial charge is 0.356 e. The Balaban J connectivity index is 1.32. The van der Waals surface area contributed by atoms with Crippen LogP contribution in [-0.4, -0.2) is 33.3 Å². The Kier molecular flexibility index (Phi) is 6.98. The molecule has 0 fully saturated rings. The van der Waals surface area contributed by atoms with Gasteiger partial charge in [-0.25, -0.2) is 12.8 Å². The molecule has 0 saturated carbocycles. The van der Waals surface area contributed by atoms with Crippen molar-refractivity contribution in [1.82, 2.24) is 10.0 Å². The second-order valence-corrected chi connectivity index (χ2v) is 8.52. The Hall–Kier alpha value is -2.74. The third-order valence-electron chi connectivity index (χ3n) is 4.62. The van der Waals surface area contributed by atoms with Crippen LogP contribution >= 0.6 is 0 Å². The van der Waals surface area contributed by atoms with Gasteiger partial charge in [-0.2, -0.15) is 0 Å². The number of carbonyl (C=O) groups excluding carboxylic acids is 1. The van der Waals surface area contributed by atoms with Crippen LogP contribution < -0.4 is 10.0 Å². The van der Waals surface area contributed by atoms with Crippen LogP contribution in [0.2, 0.25) is 0 Å². The van der Waals surface area contributed by atoms with Crippen LogP contribution in [0.5, 0.6) is 0 Å². The van der Waals surface area contributed by atoms with Gasteiger partial charge in [-0.1, -0.05) is 30.7 Å². The van der Waals surface area contributed by atoms with Crippen LogP contribution in [0.25, 0.3) is 0 Å². The first-order valence-electron chi connectivity index (χ1n) is 9.63. The Morgan fingerprint density at radius 3 is 2.72 bits per heavy atom. The van der Waals surface area contributed by atoms with Gasteiger partial charge in [-0.3, -0.25) is 14.5 Å². The first-order valence-corrected chi connectivity index (χ1v) is 11.1. The van der Waals surface area contributed by atoms with Crippen LogP contribution in [0.15, 0.2) is 58.4 Å². The zero-order chi connectivity index (χ0) is 20.7. The molecule has 2 aromatic carbocycles. The number of amides is 1. The van der Waals surface area contributed by atoms with Crippen LogP contribution in [0.4, 0.5) is 4.39 Å². The number of fused-ring (bicyclic) bond motifs is 1. The molecular formula is C21H24FN3O3S. The Morgan fingerprint density at radius 2 is 1.90 bits per heavy atom. The van der Waals surface area contributed by atoms with Gasteiger partial charge in [0.15, 0.2) is 0 Å².